The third-order valence-corrected chi connectivity index (χ3v) is 4.36. The third-order valence-electron chi connectivity index (χ3n) is 4.36. The highest BCUT2D eigenvalue weighted by molar-refractivity contribution is 5.41. The van der Waals surface area contributed by atoms with Gasteiger partial charge in [-0.15, -0.1) is 0 Å². The molecule has 0 saturated heterocycles. The quantitative estimate of drug-likeness (QED) is 0.794. The maximum absolute atomic E-state index is 9.68. The Labute approximate surface area is 146 Å². The van der Waals surface area contributed by atoms with Crippen molar-refractivity contribution in [3.63, 3.8) is 0 Å². The molecule has 0 amide bonds. The van der Waals surface area contributed by atoms with Crippen LogP contribution in [0.25, 0.3) is 0 Å². The molecule has 0 fully saturated rings. The average Bonchev–Trinajstić information content (AvgIpc) is 2.85. The lowest BCUT2D eigenvalue weighted by Gasteiger charge is -2.20. The minimum atomic E-state index is 0.321. The summed E-state index contributed by atoms with van der Waals surface area (Å²) in [4.78, 5) is 11.1. The number of benzene rings is 2. The van der Waals surface area contributed by atoms with E-state index in [1.165, 1.54) is 11.1 Å². The average molecular weight is 333 g/mol. The summed E-state index contributed by atoms with van der Waals surface area (Å²) >= 11 is 0. The molecule has 5 heteroatoms. The SMILES string of the molecule is Oc1ccc2c(c1)CCN(c1nccc(Oc3ccccc3)n1)CC2. The predicted molar refractivity (Wildman–Crippen MR) is 96.3 cm³/mol. The summed E-state index contributed by atoms with van der Waals surface area (Å²) in [5, 5.41) is 9.68. The number of aromatic nitrogens is 2. The molecule has 0 atom stereocenters. The van der Waals surface area contributed by atoms with Gasteiger partial charge in [-0.05, 0) is 48.2 Å². The molecule has 3 aromatic rings. The summed E-state index contributed by atoms with van der Waals surface area (Å²) in [6.45, 7) is 1.65. The molecule has 25 heavy (non-hydrogen) atoms. The van der Waals surface area contributed by atoms with Crippen molar-refractivity contribution in [1.29, 1.82) is 0 Å². The molecule has 2 aromatic carbocycles. The largest absolute Gasteiger partial charge is 0.508 e. The number of hydrogen-bond donors (Lipinski definition) is 1. The molecule has 5 nitrogen and oxygen atoms in total. The van der Waals surface area contributed by atoms with Crippen LogP contribution in [0, 0.1) is 0 Å². The van der Waals surface area contributed by atoms with Gasteiger partial charge in [0.2, 0.25) is 11.8 Å². The number of ether oxygens (including phenoxy) is 1. The predicted octanol–water partition coefficient (Wildman–Crippen LogP) is 3.58. The Hall–Kier alpha value is -3.08. The van der Waals surface area contributed by atoms with E-state index >= 15 is 0 Å². The monoisotopic (exact) mass is 333 g/mol. The molecule has 1 aliphatic rings. The van der Waals surface area contributed by atoms with Crippen molar-refractivity contribution in [1.82, 2.24) is 9.97 Å². The van der Waals surface area contributed by atoms with Crippen molar-refractivity contribution in [2.75, 3.05) is 18.0 Å². The summed E-state index contributed by atoms with van der Waals surface area (Å²) in [7, 11) is 0. The van der Waals surface area contributed by atoms with Crippen LogP contribution < -0.4 is 9.64 Å². The fourth-order valence-electron chi connectivity index (χ4n) is 3.06. The number of nitrogens with zero attached hydrogens (tertiary/aromatic N) is 3. The van der Waals surface area contributed by atoms with E-state index in [0.717, 1.165) is 31.7 Å². The van der Waals surface area contributed by atoms with Gasteiger partial charge in [0, 0.05) is 25.4 Å². The smallest absolute Gasteiger partial charge is 0.228 e. The summed E-state index contributed by atoms with van der Waals surface area (Å²) in [6.07, 6.45) is 3.49. The molecule has 0 saturated carbocycles. The van der Waals surface area contributed by atoms with Gasteiger partial charge in [-0.1, -0.05) is 24.3 Å². The molecular formula is C20H19N3O2. The zero-order chi connectivity index (χ0) is 17.1. The number of anilines is 1. The molecule has 1 N–H and O–H groups in total. The van der Waals surface area contributed by atoms with Crippen LogP contribution in [0.5, 0.6) is 17.4 Å². The Balaban J connectivity index is 1.52. The van der Waals surface area contributed by atoms with E-state index in [1.54, 1.807) is 18.3 Å². The van der Waals surface area contributed by atoms with E-state index in [-0.39, 0.29) is 0 Å². The number of phenols is 1. The molecule has 0 unspecified atom stereocenters. The first-order valence-electron chi connectivity index (χ1n) is 8.39. The lowest BCUT2D eigenvalue weighted by molar-refractivity contribution is 0.461. The van der Waals surface area contributed by atoms with E-state index in [1.807, 2.05) is 42.5 Å². The van der Waals surface area contributed by atoms with Crippen molar-refractivity contribution in [2.45, 2.75) is 12.8 Å². The highest BCUT2D eigenvalue weighted by Crippen LogP contribution is 2.24. The van der Waals surface area contributed by atoms with Gasteiger partial charge in [0.05, 0.1) is 0 Å². The molecule has 1 aromatic heterocycles. The number of aromatic hydroxyl groups is 1. The standard InChI is InChI=1S/C20H19N3O2/c24-17-7-6-15-9-12-23(13-10-16(15)14-17)20-21-11-8-19(22-20)25-18-4-2-1-3-5-18/h1-8,11,14,24H,9-10,12-13H2. The second-order valence-electron chi connectivity index (χ2n) is 6.05. The van der Waals surface area contributed by atoms with Crippen molar-refractivity contribution in [2.24, 2.45) is 0 Å². The molecular weight excluding hydrogens is 314 g/mol. The molecule has 0 bridgehead atoms. The molecule has 2 heterocycles. The minimum absolute atomic E-state index is 0.321. The lowest BCUT2D eigenvalue weighted by Crippen LogP contribution is -2.27. The Bertz CT molecular complexity index is 868. The van der Waals surface area contributed by atoms with Crippen LogP contribution >= 0.6 is 0 Å². The van der Waals surface area contributed by atoms with E-state index in [2.05, 4.69) is 14.9 Å². The third kappa shape index (κ3) is 3.55. The molecule has 0 spiro atoms. The Morgan fingerprint density at radius 3 is 2.56 bits per heavy atom. The van der Waals surface area contributed by atoms with E-state index in [4.69, 9.17) is 4.74 Å². The summed E-state index contributed by atoms with van der Waals surface area (Å²) in [6, 6.07) is 17.0. The van der Waals surface area contributed by atoms with Gasteiger partial charge in [-0.2, -0.15) is 4.98 Å². The van der Waals surface area contributed by atoms with Crippen LogP contribution in [0.4, 0.5) is 5.95 Å². The molecule has 126 valence electrons. The normalized spacial score (nSPS) is 13.8. The lowest BCUT2D eigenvalue weighted by atomic mass is 10.0. The fraction of sp³-hybridized carbons (Fsp3) is 0.200. The van der Waals surface area contributed by atoms with Gasteiger partial charge in [0.1, 0.15) is 11.5 Å². The number of phenolic OH excluding ortho intramolecular Hbond substituents is 1. The Morgan fingerprint density at radius 1 is 0.920 bits per heavy atom. The van der Waals surface area contributed by atoms with Crippen LogP contribution in [-0.2, 0) is 12.8 Å². The Morgan fingerprint density at radius 2 is 1.72 bits per heavy atom. The van der Waals surface area contributed by atoms with Crippen molar-refractivity contribution in [3.05, 3.63) is 71.9 Å². The topological polar surface area (TPSA) is 58.5 Å². The van der Waals surface area contributed by atoms with E-state index in [0.29, 0.717) is 17.6 Å². The van der Waals surface area contributed by atoms with Crippen molar-refractivity contribution in [3.8, 4) is 17.4 Å². The maximum Gasteiger partial charge on any atom is 0.228 e. The highest BCUT2D eigenvalue weighted by atomic mass is 16.5. The minimum Gasteiger partial charge on any atom is -0.508 e. The number of hydrogen-bond acceptors (Lipinski definition) is 5. The second kappa shape index (κ2) is 6.81. The van der Waals surface area contributed by atoms with Gasteiger partial charge in [0.15, 0.2) is 0 Å². The highest BCUT2D eigenvalue weighted by Gasteiger charge is 2.17. The van der Waals surface area contributed by atoms with Gasteiger partial charge >= 0.3 is 0 Å². The van der Waals surface area contributed by atoms with E-state index in [9.17, 15) is 5.11 Å². The van der Waals surface area contributed by atoms with Crippen molar-refractivity contribution >= 4 is 5.95 Å². The zero-order valence-electron chi connectivity index (χ0n) is 13.8. The number of para-hydroxylation sites is 1. The molecule has 1 aliphatic heterocycles. The van der Waals surface area contributed by atoms with Gasteiger partial charge in [-0.3, -0.25) is 0 Å². The van der Waals surface area contributed by atoms with Crippen LogP contribution in [0.15, 0.2) is 60.8 Å². The van der Waals surface area contributed by atoms with Gasteiger partial charge in [0.25, 0.3) is 0 Å². The Kier molecular flexibility index (Phi) is 4.21. The molecule has 4 rings (SSSR count). The first-order chi connectivity index (χ1) is 12.3. The number of fused-ring (bicyclic) bond motifs is 1. The first-order valence-corrected chi connectivity index (χ1v) is 8.39. The molecule has 0 aliphatic carbocycles. The summed E-state index contributed by atoms with van der Waals surface area (Å²) in [5.41, 5.74) is 2.47. The first kappa shape index (κ1) is 15.4. The van der Waals surface area contributed by atoms with Gasteiger partial charge < -0.3 is 14.7 Å². The van der Waals surface area contributed by atoms with Crippen molar-refractivity contribution < 1.29 is 9.84 Å². The van der Waals surface area contributed by atoms with Crippen LogP contribution in [0.3, 0.4) is 0 Å². The zero-order valence-corrected chi connectivity index (χ0v) is 13.8. The number of rotatable bonds is 3. The van der Waals surface area contributed by atoms with Crippen LogP contribution in [-0.4, -0.2) is 28.2 Å². The molecule has 0 radical (unpaired) electrons. The maximum atomic E-state index is 9.68. The second-order valence-corrected chi connectivity index (χ2v) is 6.05. The summed E-state index contributed by atoms with van der Waals surface area (Å²) in [5.74, 6) is 2.29. The van der Waals surface area contributed by atoms with Gasteiger partial charge in [-0.25, -0.2) is 4.98 Å². The van der Waals surface area contributed by atoms with Crippen LogP contribution in [0.1, 0.15) is 11.1 Å². The summed E-state index contributed by atoms with van der Waals surface area (Å²) < 4.78 is 5.81. The van der Waals surface area contributed by atoms with E-state index < -0.39 is 0 Å². The fourth-order valence-corrected chi connectivity index (χ4v) is 3.06. The van der Waals surface area contributed by atoms with Crippen LogP contribution in [0.2, 0.25) is 0 Å².